The monoisotopic (exact) mass is 576 g/mol. The van der Waals surface area contributed by atoms with Gasteiger partial charge in [0.05, 0.1) is 6.61 Å². The van der Waals surface area contributed by atoms with Gasteiger partial charge in [-0.15, -0.1) is 0 Å². The standard InChI is InChI=1S/C30H57BrO5/c1-2-3-4-5-6-7-8-12-15-18-21-24-30(34)36-28(26-32)27-35-29(33)23-20-17-14-11-9-10-13-16-19-22-25-31/h28,32H,2-27H2,1H3/t28-/m0/s1. The van der Waals surface area contributed by atoms with Crippen LogP contribution in [0.5, 0.6) is 0 Å². The molecular formula is C30H57BrO5. The summed E-state index contributed by atoms with van der Waals surface area (Å²) in [7, 11) is 0. The van der Waals surface area contributed by atoms with Crippen molar-refractivity contribution in [3.05, 3.63) is 0 Å². The molecule has 1 N–H and O–H groups in total. The topological polar surface area (TPSA) is 72.8 Å². The third kappa shape index (κ3) is 26.4. The van der Waals surface area contributed by atoms with E-state index in [0.717, 1.165) is 43.9 Å². The zero-order valence-electron chi connectivity index (χ0n) is 23.4. The fraction of sp³-hybridized carbons (Fsp3) is 0.933. The molecule has 0 saturated heterocycles. The fourth-order valence-electron chi connectivity index (χ4n) is 4.34. The highest BCUT2D eigenvalue weighted by molar-refractivity contribution is 9.09. The molecule has 0 saturated carbocycles. The number of alkyl halides is 1. The summed E-state index contributed by atoms with van der Waals surface area (Å²) in [5.41, 5.74) is 0. The van der Waals surface area contributed by atoms with Crippen molar-refractivity contribution in [3.63, 3.8) is 0 Å². The van der Waals surface area contributed by atoms with Crippen molar-refractivity contribution in [3.8, 4) is 0 Å². The Bertz CT molecular complexity index is 486. The first-order chi connectivity index (χ1) is 17.6. The minimum Gasteiger partial charge on any atom is -0.462 e. The zero-order valence-corrected chi connectivity index (χ0v) is 25.0. The van der Waals surface area contributed by atoms with E-state index in [9.17, 15) is 14.7 Å². The Morgan fingerprint density at radius 2 is 1.00 bits per heavy atom. The highest BCUT2D eigenvalue weighted by Gasteiger charge is 2.16. The van der Waals surface area contributed by atoms with Gasteiger partial charge in [-0.25, -0.2) is 0 Å². The van der Waals surface area contributed by atoms with Gasteiger partial charge >= 0.3 is 11.9 Å². The molecule has 0 aliphatic carbocycles. The van der Waals surface area contributed by atoms with Gasteiger partial charge < -0.3 is 14.6 Å². The summed E-state index contributed by atoms with van der Waals surface area (Å²) in [6, 6.07) is 0. The Kier molecular flexibility index (Phi) is 28.4. The third-order valence-electron chi connectivity index (χ3n) is 6.68. The summed E-state index contributed by atoms with van der Waals surface area (Å²) >= 11 is 3.47. The van der Waals surface area contributed by atoms with Gasteiger partial charge in [0.2, 0.25) is 0 Å². The molecule has 0 aromatic rings. The Morgan fingerprint density at radius 1 is 0.611 bits per heavy atom. The lowest BCUT2D eigenvalue weighted by molar-refractivity contribution is -0.161. The lowest BCUT2D eigenvalue weighted by atomic mass is 10.1. The second-order valence-electron chi connectivity index (χ2n) is 10.2. The molecule has 214 valence electrons. The minimum absolute atomic E-state index is 0.0611. The first-order valence-corrected chi connectivity index (χ1v) is 16.3. The Balaban J connectivity index is 3.57. The van der Waals surface area contributed by atoms with Crippen LogP contribution in [0.3, 0.4) is 0 Å². The lowest BCUT2D eigenvalue weighted by Crippen LogP contribution is -2.28. The summed E-state index contributed by atoms with van der Waals surface area (Å²) in [4.78, 5) is 24.0. The summed E-state index contributed by atoms with van der Waals surface area (Å²) in [5, 5.41) is 10.6. The van der Waals surface area contributed by atoms with Gasteiger partial charge in [-0.05, 0) is 19.3 Å². The van der Waals surface area contributed by atoms with E-state index in [1.165, 1.54) is 96.3 Å². The molecule has 6 heteroatoms. The zero-order chi connectivity index (χ0) is 26.5. The van der Waals surface area contributed by atoms with Gasteiger partial charge in [0.15, 0.2) is 6.10 Å². The van der Waals surface area contributed by atoms with E-state index in [4.69, 9.17) is 9.47 Å². The number of ether oxygens (including phenoxy) is 2. The van der Waals surface area contributed by atoms with E-state index in [-0.39, 0.29) is 25.2 Å². The Labute approximate surface area is 231 Å². The number of hydrogen-bond acceptors (Lipinski definition) is 5. The van der Waals surface area contributed by atoms with Crippen LogP contribution in [0, 0.1) is 0 Å². The maximum absolute atomic E-state index is 12.0. The van der Waals surface area contributed by atoms with Crippen molar-refractivity contribution < 1.29 is 24.2 Å². The molecule has 5 nitrogen and oxygen atoms in total. The van der Waals surface area contributed by atoms with Crippen molar-refractivity contribution in [2.24, 2.45) is 0 Å². The molecule has 0 bridgehead atoms. The van der Waals surface area contributed by atoms with Crippen LogP contribution >= 0.6 is 15.9 Å². The number of unbranched alkanes of at least 4 members (excludes halogenated alkanes) is 19. The quantitative estimate of drug-likeness (QED) is 0.0571. The van der Waals surface area contributed by atoms with Gasteiger partial charge in [-0.1, -0.05) is 138 Å². The van der Waals surface area contributed by atoms with Gasteiger partial charge in [0.25, 0.3) is 0 Å². The Morgan fingerprint density at radius 3 is 1.42 bits per heavy atom. The van der Waals surface area contributed by atoms with Gasteiger partial charge in [0, 0.05) is 18.2 Å². The van der Waals surface area contributed by atoms with Gasteiger partial charge in [-0.3, -0.25) is 9.59 Å². The van der Waals surface area contributed by atoms with E-state index >= 15 is 0 Å². The van der Waals surface area contributed by atoms with E-state index in [0.29, 0.717) is 12.8 Å². The number of aliphatic hydroxyl groups excluding tert-OH is 1. The number of halogens is 1. The number of carbonyl (C=O) groups is 2. The summed E-state index contributed by atoms with van der Waals surface area (Å²) in [5.74, 6) is -0.592. The van der Waals surface area contributed by atoms with E-state index in [2.05, 4.69) is 22.9 Å². The first kappa shape index (κ1) is 35.4. The third-order valence-corrected chi connectivity index (χ3v) is 7.24. The van der Waals surface area contributed by atoms with Crippen LogP contribution in [0.25, 0.3) is 0 Å². The first-order valence-electron chi connectivity index (χ1n) is 15.2. The molecule has 0 aliphatic rings. The number of carbonyl (C=O) groups excluding carboxylic acids is 2. The molecule has 0 fully saturated rings. The van der Waals surface area contributed by atoms with Gasteiger partial charge in [0.1, 0.15) is 6.61 Å². The molecular weight excluding hydrogens is 520 g/mol. The summed E-state index contributed by atoms with van der Waals surface area (Å²) < 4.78 is 10.5. The second-order valence-corrected chi connectivity index (χ2v) is 11.0. The highest BCUT2D eigenvalue weighted by atomic mass is 79.9. The molecule has 0 rings (SSSR count). The predicted molar refractivity (Wildman–Crippen MR) is 154 cm³/mol. The molecule has 0 unspecified atom stereocenters. The van der Waals surface area contributed by atoms with Crippen LogP contribution in [0.15, 0.2) is 0 Å². The van der Waals surface area contributed by atoms with E-state index < -0.39 is 6.10 Å². The number of aliphatic hydroxyl groups is 1. The van der Waals surface area contributed by atoms with E-state index in [1.54, 1.807) is 0 Å². The number of esters is 2. The molecule has 0 spiro atoms. The van der Waals surface area contributed by atoms with Crippen molar-refractivity contribution in [1.82, 2.24) is 0 Å². The van der Waals surface area contributed by atoms with E-state index in [1.807, 2.05) is 0 Å². The predicted octanol–water partition coefficient (Wildman–Crippen LogP) is 8.82. The smallest absolute Gasteiger partial charge is 0.306 e. The van der Waals surface area contributed by atoms with Crippen LogP contribution in [-0.2, 0) is 19.1 Å². The summed E-state index contributed by atoms with van der Waals surface area (Å²) in [6.07, 6.45) is 25.6. The fourth-order valence-corrected chi connectivity index (χ4v) is 4.73. The molecule has 0 aliphatic heterocycles. The number of hydrogen-bond donors (Lipinski definition) is 1. The molecule has 0 aromatic carbocycles. The van der Waals surface area contributed by atoms with Crippen LogP contribution in [0.4, 0.5) is 0 Å². The Hall–Kier alpha value is -0.620. The van der Waals surface area contributed by atoms with Crippen LogP contribution in [-0.4, -0.2) is 41.7 Å². The van der Waals surface area contributed by atoms with Crippen molar-refractivity contribution in [2.75, 3.05) is 18.5 Å². The molecule has 0 amide bonds. The average molecular weight is 578 g/mol. The largest absolute Gasteiger partial charge is 0.462 e. The molecule has 1 atom stereocenters. The van der Waals surface area contributed by atoms with Crippen LogP contribution in [0.1, 0.15) is 155 Å². The van der Waals surface area contributed by atoms with Gasteiger partial charge in [-0.2, -0.15) is 0 Å². The second kappa shape index (κ2) is 28.9. The molecule has 0 radical (unpaired) electrons. The SMILES string of the molecule is CCCCCCCCCCCCCC(=O)O[C@@H](CO)COC(=O)CCCCCCCCCCCCBr. The minimum atomic E-state index is -0.760. The van der Waals surface area contributed by atoms with Crippen molar-refractivity contribution >= 4 is 27.9 Å². The van der Waals surface area contributed by atoms with Crippen LogP contribution < -0.4 is 0 Å². The molecule has 0 heterocycles. The summed E-state index contributed by atoms with van der Waals surface area (Å²) in [6.45, 7) is 1.86. The van der Waals surface area contributed by atoms with Crippen LogP contribution in [0.2, 0.25) is 0 Å². The highest BCUT2D eigenvalue weighted by Crippen LogP contribution is 2.14. The molecule has 36 heavy (non-hydrogen) atoms. The molecule has 0 aromatic heterocycles. The maximum Gasteiger partial charge on any atom is 0.306 e. The normalized spacial score (nSPS) is 12.0. The number of rotatable bonds is 28. The lowest BCUT2D eigenvalue weighted by Gasteiger charge is -2.15. The van der Waals surface area contributed by atoms with Crippen molar-refractivity contribution in [2.45, 2.75) is 161 Å². The maximum atomic E-state index is 12.0. The van der Waals surface area contributed by atoms with Crippen molar-refractivity contribution in [1.29, 1.82) is 0 Å². The average Bonchev–Trinajstić information content (AvgIpc) is 2.88.